The fourth-order valence-electron chi connectivity index (χ4n) is 1.80. The van der Waals surface area contributed by atoms with Crippen LogP contribution in [0.25, 0.3) is 0 Å². The highest BCUT2D eigenvalue weighted by Crippen LogP contribution is 2.37. The molecule has 0 spiro atoms. The summed E-state index contributed by atoms with van der Waals surface area (Å²) in [6.07, 6.45) is 0. The Morgan fingerprint density at radius 2 is 1.64 bits per heavy atom. The standard InChI is InChI=1S/C11H16BrNO/c1-5-6(2)11(14)10(12)7(3)9(5)8(4)13/h8,14H,13H2,1-4H3. The van der Waals surface area contributed by atoms with Crippen LogP contribution < -0.4 is 5.73 Å². The van der Waals surface area contributed by atoms with E-state index in [0.717, 1.165) is 26.7 Å². The van der Waals surface area contributed by atoms with Crippen molar-refractivity contribution in [1.82, 2.24) is 0 Å². The average Bonchev–Trinajstić information content (AvgIpc) is 2.11. The van der Waals surface area contributed by atoms with Crippen molar-refractivity contribution >= 4 is 15.9 Å². The van der Waals surface area contributed by atoms with Crippen molar-refractivity contribution in [2.45, 2.75) is 33.7 Å². The van der Waals surface area contributed by atoms with Gasteiger partial charge in [0.2, 0.25) is 0 Å². The Bertz CT molecular complexity index is 343. The topological polar surface area (TPSA) is 46.2 Å². The molecule has 0 aliphatic rings. The van der Waals surface area contributed by atoms with E-state index in [-0.39, 0.29) is 6.04 Å². The zero-order valence-corrected chi connectivity index (χ0v) is 10.6. The molecule has 1 aromatic carbocycles. The molecule has 3 heteroatoms. The molecule has 0 saturated carbocycles. The van der Waals surface area contributed by atoms with Crippen molar-refractivity contribution < 1.29 is 5.11 Å². The number of benzene rings is 1. The molecule has 0 heterocycles. The first-order valence-corrected chi connectivity index (χ1v) is 5.40. The minimum Gasteiger partial charge on any atom is -0.506 e. The maximum Gasteiger partial charge on any atom is 0.133 e. The normalized spacial score (nSPS) is 13.0. The van der Waals surface area contributed by atoms with Crippen molar-refractivity contribution in [2.75, 3.05) is 0 Å². The molecule has 0 bridgehead atoms. The van der Waals surface area contributed by atoms with E-state index in [2.05, 4.69) is 15.9 Å². The number of hydrogen-bond donors (Lipinski definition) is 2. The summed E-state index contributed by atoms with van der Waals surface area (Å²) in [5.74, 6) is 0.324. The lowest BCUT2D eigenvalue weighted by Crippen LogP contribution is -2.10. The molecule has 0 aliphatic heterocycles. The molecule has 0 radical (unpaired) electrons. The monoisotopic (exact) mass is 257 g/mol. The van der Waals surface area contributed by atoms with E-state index >= 15 is 0 Å². The number of hydrogen-bond acceptors (Lipinski definition) is 2. The third kappa shape index (κ3) is 1.66. The molecule has 0 saturated heterocycles. The Labute approximate surface area is 93.3 Å². The number of aromatic hydroxyl groups is 1. The minimum atomic E-state index is -0.00870. The zero-order chi connectivity index (χ0) is 11.0. The molecule has 1 atom stereocenters. The van der Waals surface area contributed by atoms with Gasteiger partial charge >= 0.3 is 0 Å². The maximum atomic E-state index is 9.79. The number of halogens is 1. The molecule has 0 amide bonds. The molecule has 0 fully saturated rings. The molecule has 78 valence electrons. The SMILES string of the molecule is Cc1c(C)c(C(C)N)c(C)c(Br)c1O. The van der Waals surface area contributed by atoms with Gasteiger partial charge in [0, 0.05) is 6.04 Å². The predicted octanol–water partition coefficient (Wildman–Crippen LogP) is 3.10. The fraction of sp³-hybridized carbons (Fsp3) is 0.455. The number of nitrogens with two attached hydrogens (primary N) is 1. The van der Waals surface area contributed by atoms with Gasteiger partial charge in [0.05, 0.1) is 4.47 Å². The Morgan fingerprint density at radius 3 is 2.07 bits per heavy atom. The number of rotatable bonds is 1. The van der Waals surface area contributed by atoms with Gasteiger partial charge < -0.3 is 10.8 Å². The molecule has 1 rings (SSSR count). The summed E-state index contributed by atoms with van der Waals surface area (Å²) >= 11 is 3.38. The van der Waals surface area contributed by atoms with E-state index in [9.17, 15) is 5.11 Å². The van der Waals surface area contributed by atoms with Crippen molar-refractivity contribution in [1.29, 1.82) is 0 Å². The van der Waals surface area contributed by atoms with Crippen LogP contribution in [0.3, 0.4) is 0 Å². The van der Waals surface area contributed by atoms with Crippen LogP contribution in [-0.2, 0) is 0 Å². The van der Waals surface area contributed by atoms with Crippen LogP contribution in [0.4, 0.5) is 0 Å². The van der Waals surface area contributed by atoms with Gasteiger partial charge in [0.1, 0.15) is 5.75 Å². The van der Waals surface area contributed by atoms with E-state index in [1.807, 2.05) is 27.7 Å². The highest BCUT2D eigenvalue weighted by Gasteiger charge is 2.16. The zero-order valence-electron chi connectivity index (χ0n) is 8.98. The Morgan fingerprint density at radius 1 is 1.14 bits per heavy atom. The van der Waals surface area contributed by atoms with Crippen molar-refractivity contribution in [3.05, 3.63) is 26.7 Å². The first-order chi connectivity index (χ1) is 6.37. The molecule has 1 aromatic rings. The molecular formula is C11H16BrNO. The smallest absolute Gasteiger partial charge is 0.133 e. The third-order valence-electron chi connectivity index (χ3n) is 2.72. The second-order valence-corrected chi connectivity index (χ2v) is 4.53. The van der Waals surface area contributed by atoms with Gasteiger partial charge in [-0.25, -0.2) is 0 Å². The molecule has 0 aromatic heterocycles. The lowest BCUT2D eigenvalue weighted by molar-refractivity contribution is 0.465. The summed E-state index contributed by atoms with van der Waals surface area (Å²) in [7, 11) is 0. The first-order valence-electron chi connectivity index (χ1n) is 4.61. The molecule has 0 aliphatic carbocycles. The molecular weight excluding hydrogens is 242 g/mol. The van der Waals surface area contributed by atoms with E-state index in [1.165, 1.54) is 0 Å². The second kappa shape index (κ2) is 3.91. The van der Waals surface area contributed by atoms with E-state index < -0.39 is 0 Å². The average molecular weight is 258 g/mol. The van der Waals surface area contributed by atoms with Gasteiger partial charge in [0.15, 0.2) is 0 Å². The van der Waals surface area contributed by atoms with Crippen molar-refractivity contribution in [3.63, 3.8) is 0 Å². The summed E-state index contributed by atoms with van der Waals surface area (Å²) in [6.45, 7) is 7.82. The maximum absolute atomic E-state index is 9.79. The Balaban J connectivity index is 3.60. The minimum absolute atomic E-state index is 0.00870. The molecule has 2 nitrogen and oxygen atoms in total. The van der Waals surface area contributed by atoms with E-state index in [0.29, 0.717) is 5.75 Å². The Kier molecular flexibility index (Phi) is 3.22. The third-order valence-corrected chi connectivity index (χ3v) is 3.69. The van der Waals surface area contributed by atoms with Gasteiger partial charge in [0.25, 0.3) is 0 Å². The number of phenols is 1. The molecule has 3 N–H and O–H groups in total. The quantitative estimate of drug-likeness (QED) is 0.813. The predicted molar refractivity (Wildman–Crippen MR) is 62.6 cm³/mol. The van der Waals surface area contributed by atoms with Gasteiger partial charge in [-0.05, 0) is 65.9 Å². The van der Waals surface area contributed by atoms with Crippen LogP contribution in [-0.4, -0.2) is 5.11 Å². The van der Waals surface area contributed by atoms with Gasteiger partial charge in [-0.2, -0.15) is 0 Å². The summed E-state index contributed by atoms with van der Waals surface area (Å²) in [6, 6.07) is -0.00870. The van der Waals surface area contributed by atoms with Crippen molar-refractivity contribution in [3.8, 4) is 5.75 Å². The van der Waals surface area contributed by atoms with Crippen LogP contribution in [0.15, 0.2) is 4.47 Å². The summed E-state index contributed by atoms with van der Waals surface area (Å²) in [5.41, 5.74) is 10.0. The lowest BCUT2D eigenvalue weighted by Gasteiger charge is -2.18. The van der Waals surface area contributed by atoms with Gasteiger partial charge in [-0.1, -0.05) is 0 Å². The summed E-state index contributed by atoms with van der Waals surface area (Å²) < 4.78 is 0.757. The van der Waals surface area contributed by atoms with Crippen molar-refractivity contribution in [2.24, 2.45) is 5.73 Å². The first kappa shape index (κ1) is 11.5. The van der Waals surface area contributed by atoms with Crippen LogP contribution >= 0.6 is 15.9 Å². The van der Waals surface area contributed by atoms with Crippen LogP contribution in [0.1, 0.15) is 35.2 Å². The van der Waals surface area contributed by atoms with Crippen LogP contribution in [0.5, 0.6) is 5.75 Å². The largest absolute Gasteiger partial charge is 0.506 e. The summed E-state index contributed by atoms with van der Waals surface area (Å²) in [5, 5.41) is 9.79. The van der Waals surface area contributed by atoms with E-state index in [4.69, 9.17) is 5.73 Å². The van der Waals surface area contributed by atoms with E-state index in [1.54, 1.807) is 0 Å². The van der Waals surface area contributed by atoms with Gasteiger partial charge in [-0.3, -0.25) is 0 Å². The number of phenolic OH excluding ortho intramolecular Hbond substituents is 1. The molecule has 14 heavy (non-hydrogen) atoms. The Hall–Kier alpha value is -0.540. The highest BCUT2D eigenvalue weighted by molar-refractivity contribution is 9.10. The molecule has 1 unspecified atom stereocenters. The summed E-state index contributed by atoms with van der Waals surface area (Å²) in [4.78, 5) is 0. The van der Waals surface area contributed by atoms with Gasteiger partial charge in [-0.15, -0.1) is 0 Å². The van der Waals surface area contributed by atoms with Crippen LogP contribution in [0.2, 0.25) is 0 Å². The lowest BCUT2D eigenvalue weighted by atomic mass is 9.93. The highest BCUT2D eigenvalue weighted by atomic mass is 79.9. The second-order valence-electron chi connectivity index (χ2n) is 3.74. The van der Waals surface area contributed by atoms with Crippen LogP contribution in [0, 0.1) is 20.8 Å². The fourth-order valence-corrected chi connectivity index (χ4v) is 2.32.